The summed E-state index contributed by atoms with van der Waals surface area (Å²) in [6.07, 6.45) is -0.103. The van der Waals surface area contributed by atoms with E-state index in [0.29, 0.717) is 23.4 Å². The number of thioether (sulfide) groups is 1. The number of benzene rings is 1. The first-order valence-corrected chi connectivity index (χ1v) is 9.31. The highest BCUT2D eigenvalue weighted by Crippen LogP contribution is 2.27. The van der Waals surface area contributed by atoms with Crippen LogP contribution in [0.15, 0.2) is 24.3 Å². The molecule has 0 radical (unpaired) electrons. The zero-order valence-electron chi connectivity index (χ0n) is 14.2. The van der Waals surface area contributed by atoms with Crippen LogP contribution in [0.5, 0.6) is 0 Å². The summed E-state index contributed by atoms with van der Waals surface area (Å²) in [5.74, 6) is -0.370. The summed E-state index contributed by atoms with van der Waals surface area (Å²) in [5.41, 5.74) is -0.390. The van der Waals surface area contributed by atoms with Crippen molar-refractivity contribution in [2.24, 2.45) is 0 Å². The molecular weight excluding hydrogens is 358 g/mol. The fourth-order valence-electron chi connectivity index (χ4n) is 3.17. The lowest BCUT2D eigenvalue weighted by Gasteiger charge is -2.35. The van der Waals surface area contributed by atoms with E-state index in [0.717, 1.165) is 5.75 Å². The van der Waals surface area contributed by atoms with Gasteiger partial charge in [-0.2, -0.15) is 11.8 Å². The number of rotatable bonds is 4. The van der Waals surface area contributed by atoms with E-state index in [2.05, 4.69) is 10.6 Å². The Kier molecular flexibility index (Phi) is 4.90. The molecule has 1 aromatic carbocycles. The van der Waals surface area contributed by atoms with Crippen molar-refractivity contribution in [3.05, 3.63) is 35.4 Å². The van der Waals surface area contributed by atoms with E-state index in [9.17, 15) is 19.2 Å². The number of hydrogen-bond donors (Lipinski definition) is 3. The standard InChI is InChI=1S/C17H19N3O5S/c1-17(15(24)18-16(25)19-17)11-4-2-3-10(7-11)14(23)20-5-6-26-9-12(20)8-13(21)22/h2-4,7,12H,5-6,8-9H2,1H3,(H,21,22)(H2,18,19,24,25). The SMILES string of the molecule is CC1(c2cccc(C(=O)N3CCSCC3CC(=O)O)c2)NC(=O)NC1=O. The second-order valence-electron chi connectivity index (χ2n) is 6.44. The summed E-state index contributed by atoms with van der Waals surface area (Å²) in [7, 11) is 0. The van der Waals surface area contributed by atoms with Gasteiger partial charge in [0.05, 0.1) is 12.5 Å². The van der Waals surface area contributed by atoms with Crippen LogP contribution in [-0.2, 0) is 15.1 Å². The topological polar surface area (TPSA) is 116 Å². The summed E-state index contributed by atoms with van der Waals surface area (Å²) < 4.78 is 0. The zero-order valence-corrected chi connectivity index (χ0v) is 15.0. The van der Waals surface area contributed by atoms with Gasteiger partial charge < -0.3 is 15.3 Å². The van der Waals surface area contributed by atoms with Gasteiger partial charge in [0, 0.05) is 23.6 Å². The van der Waals surface area contributed by atoms with E-state index in [1.165, 1.54) is 0 Å². The molecule has 0 aliphatic carbocycles. The van der Waals surface area contributed by atoms with Crippen molar-refractivity contribution in [2.75, 3.05) is 18.1 Å². The van der Waals surface area contributed by atoms with Gasteiger partial charge in [-0.1, -0.05) is 12.1 Å². The number of amides is 4. The molecule has 2 heterocycles. The van der Waals surface area contributed by atoms with Gasteiger partial charge in [0.15, 0.2) is 0 Å². The first-order valence-electron chi connectivity index (χ1n) is 8.16. The molecule has 3 rings (SSSR count). The molecular formula is C17H19N3O5S. The van der Waals surface area contributed by atoms with Crippen LogP contribution in [0.2, 0.25) is 0 Å². The Morgan fingerprint density at radius 1 is 1.38 bits per heavy atom. The molecule has 0 bridgehead atoms. The molecule has 0 aromatic heterocycles. The van der Waals surface area contributed by atoms with Crippen LogP contribution in [0.4, 0.5) is 4.79 Å². The van der Waals surface area contributed by atoms with E-state index in [1.807, 2.05) is 0 Å². The van der Waals surface area contributed by atoms with Gasteiger partial charge in [-0.15, -0.1) is 0 Å². The summed E-state index contributed by atoms with van der Waals surface area (Å²) in [6, 6.07) is 5.58. The van der Waals surface area contributed by atoms with Crippen LogP contribution < -0.4 is 10.6 Å². The maximum Gasteiger partial charge on any atom is 0.322 e. The van der Waals surface area contributed by atoms with Crippen LogP contribution in [0.3, 0.4) is 0 Å². The van der Waals surface area contributed by atoms with Crippen molar-refractivity contribution in [2.45, 2.75) is 24.9 Å². The Morgan fingerprint density at radius 2 is 2.15 bits per heavy atom. The van der Waals surface area contributed by atoms with E-state index in [1.54, 1.807) is 47.9 Å². The molecule has 0 spiro atoms. The number of nitrogens with one attached hydrogen (secondary N) is 2. The third kappa shape index (κ3) is 3.39. The number of carbonyl (C=O) groups is 4. The van der Waals surface area contributed by atoms with E-state index in [4.69, 9.17) is 5.11 Å². The smallest absolute Gasteiger partial charge is 0.322 e. The number of nitrogens with zero attached hydrogens (tertiary/aromatic N) is 1. The van der Waals surface area contributed by atoms with E-state index < -0.39 is 23.4 Å². The lowest BCUT2D eigenvalue weighted by atomic mass is 9.91. The Bertz CT molecular complexity index is 783. The van der Waals surface area contributed by atoms with Crippen molar-refractivity contribution < 1.29 is 24.3 Å². The second kappa shape index (κ2) is 6.99. The molecule has 26 heavy (non-hydrogen) atoms. The lowest BCUT2D eigenvalue weighted by Crippen LogP contribution is -2.47. The predicted molar refractivity (Wildman–Crippen MR) is 94.9 cm³/mol. The highest BCUT2D eigenvalue weighted by molar-refractivity contribution is 7.99. The molecule has 2 aliphatic rings. The van der Waals surface area contributed by atoms with Crippen LogP contribution >= 0.6 is 11.8 Å². The summed E-state index contributed by atoms with van der Waals surface area (Å²) in [5, 5.41) is 13.8. The van der Waals surface area contributed by atoms with Gasteiger partial charge >= 0.3 is 12.0 Å². The van der Waals surface area contributed by atoms with Gasteiger partial charge in [0.25, 0.3) is 11.8 Å². The number of carboxylic acid groups (broad SMARTS) is 1. The monoisotopic (exact) mass is 377 g/mol. The fourth-order valence-corrected chi connectivity index (χ4v) is 4.23. The number of carbonyl (C=O) groups excluding carboxylic acids is 3. The third-order valence-corrected chi connectivity index (χ3v) is 5.72. The van der Waals surface area contributed by atoms with Gasteiger partial charge in [0.1, 0.15) is 5.54 Å². The molecule has 0 saturated carbocycles. The minimum atomic E-state index is -1.24. The number of imide groups is 1. The molecule has 3 N–H and O–H groups in total. The first kappa shape index (κ1) is 18.2. The van der Waals surface area contributed by atoms with Crippen molar-refractivity contribution >= 4 is 35.6 Å². The highest BCUT2D eigenvalue weighted by Gasteiger charge is 2.43. The fraction of sp³-hybridized carbons (Fsp3) is 0.412. The van der Waals surface area contributed by atoms with Gasteiger partial charge in [-0.05, 0) is 24.6 Å². The molecule has 138 valence electrons. The van der Waals surface area contributed by atoms with Crippen molar-refractivity contribution in [1.82, 2.24) is 15.5 Å². The first-order chi connectivity index (χ1) is 12.3. The molecule has 2 unspecified atom stereocenters. The van der Waals surface area contributed by atoms with Gasteiger partial charge in [0.2, 0.25) is 0 Å². The summed E-state index contributed by atoms with van der Waals surface area (Å²) in [4.78, 5) is 49.2. The highest BCUT2D eigenvalue weighted by atomic mass is 32.2. The summed E-state index contributed by atoms with van der Waals surface area (Å²) in [6.45, 7) is 2.04. The number of hydrogen-bond acceptors (Lipinski definition) is 5. The van der Waals surface area contributed by atoms with Crippen LogP contribution in [0.1, 0.15) is 29.3 Å². The Hall–Kier alpha value is -2.55. The largest absolute Gasteiger partial charge is 0.481 e. The molecule has 9 heteroatoms. The van der Waals surface area contributed by atoms with Crippen molar-refractivity contribution in [3.63, 3.8) is 0 Å². The minimum Gasteiger partial charge on any atom is -0.481 e. The van der Waals surface area contributed by atoms with Gasteiger partial charge in [-0.3, -0.25) is 19.7 Å². The maximum atomic E-state index is 12.9. The minimum absolute atomic E-state index is 0.103. The Labute approximate surface area is 154 Å². The quantitative estimate of drug-likeness (QED) is 0.668. The number of aliphatic carboxylic acids is 1. The predicted octanol–water partition coefficient (Wildman–Crippen LogP) is 0.774. The molecule has 2 aliphatic heterocycles. The molecule has 2 atom stereocenters. The average molecular weight is 377 g/mol. The molecule has 8 nitrogen and oxygen atoms in total. The van der Waals surface area contributed by atoms with Crippen molar-refractivity contribution in [3.8, 4) is 0 Å². The molecule has 4 amide bonds. The van der Waals surface area contributed by atoms with E-state index in [-0.39, 0.29) is 18.4 Å². The average Bonchev–Trinajstić information content (AvgIpc) is 2.87. The van der Waals surface area contributed by atoms with Crippen LogP contribution in [0.25, 0.3) is 0 Å². The zero-order chi connectivity index (χ0) is 18.9. The number of carboxylic acids is 1. The van der Waals surface area contributed by atoms with Crippen LogP contribution in [0, 0.1) is 0 Å². The Morgan fingerprint density at radius 3 is 2.81 bits per heavy atom. The molecule has 2 saturated heterocycles. The third-order valence-electron chi connectivity index (χ3n) is 4.63. The molecule has 2 fully saturated rings. The molecule has 1 aromatic rings. The summed E-state index contributed by atoms with van der Waals surface area (Å²) >= 11 is 1.63. The van der Waals surface area contributed by atoms with E-state index >= 15 is 0 Å². The lowest BCUT2D eigenvalue weighted by molar-refractivity contribution is -0.138. The van der Waals surface area contributed by atoms with Crippen molar-refractivity contribution in [1.29, 1.82) is 0 Å². The Balaban J connectivity index is 1.87. The normalized spacial score (nSPS) is 25.6. The number of urea groups is 1. The van der Waals surface area contributed by atoms with Crippen LogP contribution in [-0.4, -0.2) is 57.9 Å². The van der Waals surface area contributed by atoms with Gasteiger partial charge in [-0.25, -0.2) is 4.79 Å². The maximum absolute atomic E-state index is 12.9. The second-order valence-corrected chi connectivity index (χ2v) is 7.59.